The molecule has 7 heteroatoms. The zero-order valence-corrected chi connectivity index (χ0v) is 14.3. The van der Waals surface area contributed by atoms with E-state index in [2.05, 4.69) is 20.3 Å². The highest BCUT2D eigenvalue weighted by molar-refractivity contribution is 5.89. The molecule has 2 heterocycles. The first kappa shape index (κ1) is 16.6. The fraction of sp³-hybridized carbons (Fsp3) is 0.222. The monoisotopic (exact) mass is 337 g/mol. The lowest BCUT2D eigenvalue weighted by molar-refractivity contribution is -0.114. The van der Waals surface area contributed by atoms with Crippen molar-refractivity contribution in [2.45, 2.75) is 26.7 Å². The van der Waals surface area contributed by atoms with E-state index in [0.29, 0.717) is 22.9 Å². The summed E-state index contributed by atoms with van der Waals surface area (Å²) in [4.78, 5) is 24.1. The number of benzene rings is 1. The summed E-state index contributed by atoms with van der Waals surface area (Å²) in [6.45, 7) is 5.40. The van der Waals surface area contributed by atoms with Crippen LogP contribution in [-0.4, -0.2) is 30.5 Å². The molecule has 2 aromatic heterocycles. The van der Waals surface area contributed by atoms with Crippen molar-refractivity contribution in [3.05, 3.63) is 48.5 Å². The number of aromatic nitrogens is 4. The van der Waals surface area contributed by atoms with E-state index < -0.39 is 0 Å². The van der Waals surface area contributed by atoms with Crippen molar-refractivity contribution >= 4 is 11.6 Å². The van der Waals surface area contributed by atoms with Gasteiger partial charge in [0, 0.05) is 36.1 Å². The molecule has 0 aliphatic carbocycles. The molecule has 0 spiro atoms. The smallest absolute Gasteiger partial charge is 0.238 e. The van der Waals surface area contributed by atoms with Gasteiger partial charge in [0.05, 0.1) is 5.69 Å². The van der Waals surface area contributed by atoms with Crippen LogP contribution in [0.25, 0.3) is 17.2 Å². The van der Waals surface area contributed by atoms with Gasteiger partial charge < -0.3 is 10.4 Å². The van der Waals surface area contributed by atoms with Crippen molar-refractivity contribution < 1.29 is 9.90 Å². The molecule has 3 rings (SSSR count). The van der Waals surface area contributed by atoms with Crippen LogP contribution in [0.15, 0.2) is 43.0 Å². The molecule has 0 aliphatic heterocycles. The Morgan fingerprint density at radius 1 is 1.28 bits per heavy atom. The minimum atomic E-state index is -0.147. The molecule has 0 aliphatic rings. The number of rotatable bonds is 4. The maximum atomic E-state index is 11.3. The molecule has 3 aromatic rings. The molecule has 1 amide bonds. The minimum absolute atomic E-state index is 0.0243. The van der Waals surface area contributed by atoms with Crippen LogP contribution >= 0.6 is 0 Å². The second-order valence-corrected chi connectivity index (χ2v) is 6.00. The molecular formula is C18H19N5O2. The molecular weight excluding hydrogens is 318 g/mol. The molecule has 0 saturated heterocycles. The number of hydrogen-bond donors (Lipinski definition) is 2. The molecule has 0 fully saturated rings. The Kier molecular flexibility index (Phi) is 4.47. The van der Waals surface area contributed by atoms with Crippen molar-refractivity contribution in [3.63, 3.8) is 0 Å². The van der Waals surface area contributed by atoms with Crippen molar-refractivity contribution in [2.75, 3.05) is 5.32 Å². The normalized spacial score (nSPS) is 10.9. The van der Waals surface area contributed by atoms with E-state index in [1.54, 1.807) is 29.4 Å². The topological polar surface area (TPSA) is 92.9 Å². The summed E-state index contributed by atoms with van der Waals surface area (Å²) in [6, 6.07) is 7.35. The lowest BCUT2D eigenvalue weighted by Gasteiger charge is -2.15. The molecule has 0 bridgehead atoms. The van der Waals surface area contributed by atoms with Crippen LogP contribution in [0.4, 0.5) is 5.69 Å². The van der Waals surface area contributed by atoms with E-state index in [-0.39, 0.29) is 17.7 Å². The Labute approximate surface area is 145 Å². The fourth-order valence-corrected chi connectivity index (χ4v) is 2.64. The van der Waals surface area contributed by atoms with Gasteiger partial charge in [-0.25, -0.2) is 9.97 Å². The molecule has 0 radical (unpaired) electrons. The van der Waals surface area contributed by atoms with Gasteiger partial charge >= 0.3 is 0 Å². The average molecular weight is 337 g/mol. The number of nitrogens with one attached hydrogen (secondary N) is 1. The Morgan fingerprint density at radius 3 is 2.72 bits per heavy atom. The molecule has 0 saturated carbocycles. The highest BCUT2D eigenvalue weighted by Crippen LogP contribution is 2.34. The Balaban J connectivity index is 2.18. The van der Waals surface area contributed by atoms with E-state index in [1.807, 2.05) is 32.0 Å². The Bertz CT molecular complexity index is 904. The van der Waals surface area contributed by atoms with Crippen LogP contribution in [0.1, 0.15) is 32.3 Å². The van der Waals surface area contributed by atoms with Gasteiger partial charge in [0.1, 0.15) is 6.33 Å². The van der Waals surface area contributed by atoms with E-state index in [0.717, 1.165) is 5.56 Å². The molecule has 7 nitrogen and oxygen atoms in total. The van der Waals surface area contributed by atoms with Gasteiger partial charge in [-0.15, -0.1) is 0 Å². The van der Waals surface area contributed by atoms with Crippen LogP contribution < -0.4 is 5.32 Å². The minimum Gasteiger partial charge on any atom is -0.493 e. The van der Waals surface area contributed by atoms with Gasteiger partial charge in [-0.05, 0) is 18.1 Å². The number of carbonyl (C=O) groups is 1. The molecule has 1 aromatic carbocycles. The largest absolute Gasteiger partial charge is 0.493 e. The van der Waals surface area contributed by atoms with Crippen molar-refractivity contribution in [1.82, 2.24) is 19.5 Å². The quantitative estimate of drug-likeness (QED) is 0.763. The van der Waals surface area contributed by atoms with Crippen LogP contribution in [0.3, 0.4) is 0 Å². The maximum absolute atomic E-state index is 11.3. The fourth-order valence-electron chi connectivity index (χ4n) is 2.64. The number of carbonyl (C=O) groups excluding carboxylic acids is 1. The zero-order chi connectivity index (χ0) is 18.0. The van der Waals surface area contributed by atoms with Crippen molar-refractivity contribution in [2.24, 2.45) is 0 Å². The Morgan fingerprint density at radius 2 is 2.08 bits per heavy atom. The van der Waals surface area contributed by atoms with Gasteiger partial charge in [-0.2, -0.15) is 4.98 Å². The van der Waals surface area contributed by atoms with E-state index >= 15 is 0 Å². The predicted molar refractivity (Wildman–Crippen MR) is 94.6 cm³/mol. The summed E-state index contributed by atoms with van der Waals surface area (Å²) in [5, 5.41) is 13.2. The summed E-state index contributed by atoms with van der Waals surface area (Å²) >= 11 is 0. The van der Waals surface area contributed by atoms with Crippen LogP contribution in [0.2, 0.25) is 0 Å². The SMILES string of the molecule is CC(=O)Nc1cccc(-c2nc(-n3ccnc3)nc(O)c2C(C)C)c1. The highest BCUT2D eigenvalue weighted by Gasteiger charge is 2.19. The highest BCUT2D eigenvalue weighted by atomic mass is 16.3. The number of nitrogens with zero attached hydrogens (tertiary/aromatic N) is 4. The second-order valence-electron chi connectivity index (χ2n) is 6.00. The molecule has 0 atom stereocenters. The molecule has 128 valence electrons. The third-order valence-corrected chi connectivity index (χ3v) is 3.68. The second kappa shape index (κ2) is 6.72. The third kappa shape index (κ3) is 3.50. The summed E-state index contributed by atoms with van der Waals surface area (Å²) in [6.07, 6.45) is 4.90. The molecule has 2 N–H and O–H groups in total. The lowest BCUT2D eigenvalue weighted by atomic mass is 9.97. The van der Waals surface area contributed by atoms with E-state index in [4.69, 9.17) is 0 Å². The zero-order valence-electron chi connectivity index (χ0n) is 14.3. The van der Waals surface area contributed by atoms with Crippen molar-refractivity contribution in [1.29, 1.82) is 0 Å². The first-order valence-electron chi connectivity index (χ1n) is 7.93. The Hall–Kier alpha value is -3.22. The third-order valence-electron chi connectivity index (χ3n) is 3.68. The number of aromatic hydroxyl groups is 1. The number of hydrogen-bond acceptors (Lipinski definition) is 5. The summed E-state index contributed by atoms with van der Waals surface area (Å²) < 4.78 is 1.63. The number of amides is 1. The summed E-state index contributed by atoms with van der Waals surface area (Å²) in [5.74, 6) is 0.148. The van der Waals surface area contributed by atoms with Crippen LogP contribution in [0, 0.1) is 0 Å². The number of imidazole rings is 1. The average Bonchev–Trinajstić information content (AvgIpc) is 3.07. The van der Waals surface area contributed by atoms with Gasteiger partial charge in [0.25, 0.3) is 0 Å². The maximum Gasteiger partial charge on any atom is 0.238 e. The lowest BCUT2D eigenvalue weighted by Crippen LogP contribution is -2.07. The standard InChI is InChI=1S/C18H19N5O2/c1-11(2)15-16(13-5-4-6-14(9-13)20-12(3)24)21-18(22-17(15)25)23-8-7-19-10-23/h4-11H,1-3H3,(H,20,24)(H,21,22,25). The van der Waals surface area contributed by atoms with Gasteiger partial charge in [-0.3, -0.25) is 9.36 Å². The van der Waals surface area contributed by atoms with E-state index in [9.17, 15) is 9.90 Å². The van der Waals surface area contributed by atoms with Gasteiger partial charge in [-0.1, -0.05) is 26.0 Å². The summed E-state index contributed by atoms with van der Waals surface area (Å²) in [5.41, 5.74) is 2.73. The van der Waals surface area contributed by atoms with Crippen LogP contribution in [-0.2, 0) is 4.79 Å². The van der Waals surface area contributed by atoms with Gasteiger partial charge in [0.2, 0.25) is 17.7 Å². The van der Waals surface area contributed by atoms with Gasteiger partial charge in [0.15, 0.2) is 0 Å². The molecule has 0 unspecified atom stereocenters. The first-order chi connectivity index (χ1) is 12.0. The number of anilines is 1. The van der Waals surface area contributed by atoms with Crippen molar-refractivity contribution in [3.8, 4) is 23.1 Å². The first-order valence-corrected chi connectivity index (χ1v) is 7.93. The van der Waals surface area contributed by atoms with Crippen LogP contribution in [0.5, 0.6) is 5.88 Å². The molecule has 25 heavy (non-hydrogen) atoms. The predicted octanol–water partition coefficient (Wildman–Crippen LogP) is 3.12. The van der Waals surface area contributed by atoms with E-state index in [1.165, 1.54) is 6.92 Å². The summed E-state index contributed by atoms with van der Waals surface area (Å²) in [7, 11) is 0.